The fourth-order valence-corrected chi connectivity index (χ4v) is 1.66. The van der Waals surface area contributed by atoms with Gasteiger partial charge >= 0.3 is 11.9 Å². The molecule has 0 aliphatic heterocycles. The van der Waals surface area contributed by atoms with Crippen LogP contribution >= 0.6 is 11.7 Å². The van der Waals surface area contributed by atoms with Crippen LogP contribution in [0.5, 0.6) is 5.88 Å². The molecule has 1 unspecified atom stereocenters. The molecule has 2 N–H and O–H groups in total. The Bertz CT molecular complexity index is 510. The van der Waals surface area contributed by atoms with Crippen molar-refractivity contribution in [3.63, 3.8) is 0 Å². The summed E-state index contributed by atoms with van der Waals surface area (Å²) >= 11 is 1.01. The number of aromatic nitrogens is 2. The molecule has 122 valence electrons. The zero-order valence-corrected chi connectivity index (χ0v) is 13.4. The normalized spacial score (nSPS) is 13.0. The minimum Gasteiger partial charge on any atom is -0.478 e. The summed E-state index contributed by atoms with van der Waals surface area (Å²) in [5.74, 6) is -1.61. The Morgan fingerprint density at radius 1 is 1.45 bits per heavy atom. The van der Waals surface area contributed by atoms with Gasteiger partial charge in [-0.15, -0.1) is 4.37 Å². The van der Waals surface area contributed by atoms with E-state index in [2.05, 4.69) is 14.1 Å². The molecule has 0 fully saturated rings. The summed E-state index contributed by atoms with van der Waals surface area (Å²) in [7, 11) is 0. The van der Waals surface area contributed by atoms with Crippen LogP contribution < -0.4 is 10.1 Å². The van der Waals surface area contributed by atoms with Gasteiger partial charge < -0.3 is 19.9 Å². The van der Waals surface area contributed by atoms with Crippen LogP contribution in [0, 0.1) is 0 Å². The molecule has 8 nitrogen and oxygen atoms in total. The molecule has 0 aliphatic rings. The standard InChI is InChI=1S/C13H19N3O5S/c1-13(2,3)14-6-9(8-20-10-7-15-22-16-10)21-12(19)5-4-11(17)18/h4-5,7,9,14H,6,8H2,1-3H3,(H,17,18)/b5-4-. The summed E-state index contributed by atoms with van der Waals surface area (Å²) < 4.78 is 18.2. The third-order valence-corrected chi connectivity index (χ3v) is 2.72. The Hall–Kier alpha value is -2.00. The van der Waals surface area contributed by atoms with Gasteiger partial charge in [-0.05, 0) is 20.8 Å². The number of rotatable bonds is 8. The highest BCUT2D eigenvalue weighted by atomic mass is 32.1. The van der Waals surface area contributed by atoms with Crippen molar-refractivity contribution in [2.24, 2.45) is 0 Å². The molecule has 0 aromatic carbocycles. The van der Waals surface area contributed by atoms with E-state index in [1.165, 1.54) is 6.20 Å². The van der Waals surface area contributed by atoms with Gasteiger partial charge in [0, 0.05) is 24.2 Å². The summed E-state index contributed by atoms with van der Waals surface area (Å²) in [6, 6.07) is 0. The van der Waals surface area contributed by atoms with Gasteiger partial charge in [-0.2, -0.15) is 4.37 Å². The van der Waals surface area contributed by atoms with Crippen molar-refractivity contribution >= 4 is 23.7 Å². The largest absolute Gasteiger partial charge is 0.478 e. The zero-order chi connectivity index (χ0) is 16.6. The Morgan fingerprint density at radius 3 is 2.73 bits per heavy atom. The van der Waals surface area contributed by atoms with Gasteiger partial charge in [0.1, 0.15) is 18.9 Å². The molecule has 9 heteroatoms. The van der Waals surface area contributed by atoms with Crippen molar-refractivity contribution in [2.75, 3.05) is 13.2 Å². The highest BCUT2D eigenvalue weighted by Gasteiger charge is 2.18. The van der Waals surface area contributed by atoms with E-state index >= 15 is 0 Å². The van der Waals surface area contributed by atoms with E-state index in [0.29, 0.717) is 12.4 Å². The average Bonchev–Trinajstić information content (AvgIpc) is 2.91. The Kier molecular flexibility index (Phi) is 6.93. The van der Waals surface area contributed by atoms with Crippen molar-refractivity contribution < 1.29 is 24.2 Å². The second-order valence-corrected chi connectivity index (χ2v) is 5.97. The predicted octanol–water partition coefficient (Wildman–Crippen LogP) is 0.858. The number of carboxylic acid groups (broad SMARTS) is 1. The van der Waals surface area contributed by atoms with E-state index in [-0.39, 0.29) is 12.1 Å². The van der Waals surface area contributed by atoms with Crippen LogP contribution in [0.4, 0.5) is 0 Å². The number of nitrogens with one attached hydrogen (secondary N) is 1. The highest BCUT2D eigenvalue weighted by molar-refractivity contribution is 6.99. The SMILES string of the molecule is CC(C)(C)NCC(COc1cnsn1)OC(=O)/C=C\C(=O)O. The fourth-order valence-electron chi connectivity index (χ4n) is 1.30. The molecule has 0 saturated heterocycles. The maximum Gasteiger partial charge on any atom is 0.331 e. The van der Waals surface area contributed by atoms with E-state index in [9.17, 15) is 9.59 Å². The number of carbonyl (C=O) groups excluding carboxylic acids is 1. The lowest BCUT2D eigenvalue weighted by molar-refractivity contribution is -0.145. The topological polar surface area (TPSA) is 111 Å². The molecular formula is C13H19N3O5S. The minimum atomic E-state index is -1.22. The second kappa shape index (κ2) is 8.44. The number of carboxylic acids is 1. The van der Waals surface area contributed by atoms with Crippen molar-refractivity contribution in [1.82, 2.24) is 14.1 Å². The first-order valence-corrected chi connectivity index (χ1v) is 7.26. The summed E-state index contributed by atoms with van der Waals surface area (Å²) in [5.41, 5.74) is -0.163. The maximum absolute atomic E-state index is 11.6. The van der Waals surface area contributed by atoms with Crippen LogP contribution in [0.3, 0.4) is 0 Å². The van der Waals surface area contributed by atoms with Crippen LogP contribution in [-0.4, -0.2) is 50.6 Å². The quantitative estimate of drug-likeness (QED) is 0.533. The fraction of sp³-hybridized carbons (Fsp3) is 0.538. The Balaban J connectivity index is 2.56. The molecule has 0 amide bonds. The Labute approximate surface area is 132 Å². The van der Waals surface area contributed by atoms with Crippen LogP contribution in [-0.2, 0) is 14.3 Å². The van der Waals surface area contributed by atoms with Crippen LogP contribution in [0.15, 0.2) is 18.3 Å². The van der Waals surface area contributed by atoms with Gasteiger partial charge in [-0.1, -0.05) is 0 Å². The van der Waals surface area contributed by atoms with E-state index in [0.717, 1.165) is 23.9 Å². The van der Waals surface area contributed by atoms with Crippen LogP contribution in [0.1, 0.15) is 20.8 Å². The summed E-state index contributed by atoms with van der Waals surface area (Å²) in [5, 5.41) is 11.7. The first-order chi connectivity index (χ1) is 10.3. The zero-order valence-electron chi connectivity index (χ0n) is 12.6. The molecule has 1 heterocycles. The number of aliphatic carboxylic acids is 1. The third-order valence-electron chi connectivity index (χ3n) is 2.26. The summed E-state index contributed by atoms with van der Waals surface area (Å²) in [4.78, 5) is 21.9. The summed E-state index contributed by atoms with van der Waals surface area (Å²) in [6.45, 7) is 6.36. The number of nitrogens with zero attached hydrogens (tertiary/aromatic N) is 2. The van der Waals surface area contributed by atoms with Gasteiger partial charge in [0.25, 0.3) is 0 Å². The number of carbonyl (C=O) groups is 2. The molecule has 0 bridgehead atoms. The molecule has 0 spiro atoms. The molecule has 22 heavy (non-hydrogen) atoms. The number of ether oxygens (including phenoxy) is 2. The number of hydrogen-bond donors (Lipinski definition) is 2. The average molecular weight is 329 g/mol. The van der Waals surface area contributed by atoms with Gasteiger partial charge in [-0.3, -0.25) is 0 Å². The number of esters is 1. The number of hydrogen-bond acceptors (Lipinski definition) is 8. The maximum atomic E-state index is 11.6. The lowest BCUT2D eigenvalue weighted by atomic mass is 10.1. The van der Waals surface area contributed by atoms with Crippen molar-refractivity contribution in [1.29, 1.82) is 0 Å². The van der Waals surface area contributed by atoms with E-state index < -0.39 is 18.0 Å². The molecule has 0 aliphatic carbocycles. The smallest absolute Gasteiger partial charge is 0.331 e. The van der Waals surface area contributed by atoms with Crippen molar-refractivity contribution in [3.05, 3.63) is 18.3 Å². The monoisotopic (exact) mass is 329 g/mol. The van der Waals surface area contributed by atoms with E-state index in [1.54, 1.807) is 0 Å². The molecule has 1 aromatic rings. The first-order valence-electron chi connectivity index (χ1n) is 6.53. The molecule has 1 atom stereocenters. The first kappa shape index (κ1) is 18.1. The summed E-state index contributed by atoms with van der Waals surface area (Å²) in [6.07, 6.45) is 2.45. The highest BCUT2D eigenvalue weighted by Crippen LogP contribution is 2.07. The molecular weight excluding hydrogens is 310 g/mol. The molecule has 0 radical (unpaired) electrons. The predicted molar refractivity (Wildman–Crippen MR) is 79.8 cm³/mol. The van der Waals surface area contributed by atoms with Gasteiger partial charge in [-0.25, -0.2) is 9.59 Å². The van der Waals surface area contributed by atoms with Gasteiger partial charge in [0.05, 0.1) is 11.7 Å². The Morgan fingerprint density at radius 2 is 2.18 bits per heavy atom. The van der Waals surface area contributed by atoms with Crippen molar-refractivity contribution in [3.8, 4) is 5.88 Å². The van der Waals surface area contributed by atoms with E-state index in [4.69, 9.17) is 14.6 Å². The van der Waals surface area contributed by atoms with E-state index in [1.807, 2.05) is 20.8 Å². The molecule has 0 saturated carbocycles. The third kappa shape index (κ3) is 8.32. The molecule has 1 aromatic heterocycles. The van der Waals surface area contributed by atoms with Gasteiger partial charge in [0.15, 0.2) is 0 Å². The van der Waals surface area contributed by atoms with Crippen molar-refractivity contribution in [2.45, 2.75) is 32.4 Å². The minimum absolute atomic E-state index is 0.0845. The van der Waals surface area contributed by atoms with Crippen LogP contribution in [0.2, 0.25) is 0 Å². The molecule has 1 rings (SSSR count). The second-order valence-electron chi connectivity index (χ2n) is 5.42. The van der Waals surface area contributed by atoms with Gasteiger partial charge in [0.2, 0.25) is 5.88 Å². The lowest BCUT2D eigenvalue weighted by Gasteiger charge is -2.24. The van der Waals surface area contributed by atoms with Crippen LogP contribution in [0.25, 0.3) is 0 Å². The lowest BCUT2D eigenvalue weighted by Crippen LogP contribution is -2.44.